The predicted octanol–water partition coefficient (Wildman–Crippen LogP) is 3.53. The number of fused-ring (bicyclic) bond motifs is 1. The van der Waals surface area contributed by atoms with E-state index < -0.39 is 0 Å². The van der Waals surface area contributed by atoms with Crippen molar-refractivity contribution in [1.29, 1.82) is 5.26 Å². The normalized spacial score (nSPS) is 15.0. The van der Waals surface area contributed by atoms with E-state index in [1.807, 2.05) is 6.92 Å². The van der Waals surface area contributed by atoms with Crippen LogP contribution in [0.25, 0.3) is 10.9 Å². The summed E-state index contributed by atoms with van der Waals surface area (Å²) in [5, 5.41) is 13.6. The van der Waals surface area contributed by atoms with Gasteiger partial charge in [0.1, 0.15) is 6.07 Å². The maximum absolute atomic E-state index is 9.28. The van der Waals surface area contributed by atoms with E-state index in [9.17, 15) is 5.26 Å². The predicted molar refractivity (Wildman–Crippen MR) is 86.7 cm³/mol. The number of hydrogen-bond donors (Lipinski definition) is 1. The van der Waals surface area contributed by atoms with Crippen molar-refractivity contribution in [2.24, 2.45) is 0 Å². The smallest absolute Gasteiger partial charge is 0.103 e. The summed E-state index contributed by atoms with van der Waals surface area (Å²) in [4.78, 5) is 6.83. The molecule has 21 heavy (non-hydrogen) atoms. The van der Waals surface area contributed by atoms with Gasteiger partial charge in [-0.15, -0.1) is 0 Å². The van der Waals surface area contributed by atoms with Crippen molar-refractivity contribution in [3.05, 3.63) is 30.0 Å². The molecule has 0 aliphatic carbocycles. The molecule has 4 nitrogen and oxygen atoms in total. The van der Waals surface area contributed by atoms with Gasteiger partial charge in [-0.05, 0) is 44.4 Å². The highest BCUT2D eigenvalue weighted by atomic mass is 15.1. The summed E-state index contributed by atoms with van der Waals surface area (Å²) in [6.45, 7) is 5.07. The van der Waals surface area contributed by atoms with Crippen LogP contribution < -0.4 is 10.2 Å². The Kier molecular flexibility index (Phi) is 3.92. The van der Waals surface area contributed by atoms with Crippen LogP contribution in [0.4, 0.5) is 11.4 Å². The summed E-state index contributed by atoms with van der Waals surface area (Å²) < 4.78 is 0. The first-order valence-electron chi connectivity index (χ1n) is 7.65. The fourth-order valence-corrected chi connectivity index (χ4v) is 2.98. The van der Waals surface area contributed by atoms with Gasteiger partial charge in [0.05, 0.1) is 16.8 Å². The number of nitrogens with zero attached hydrogens (tertiary/aromatic N) is 3. The topological polar surface area (TPSA) is 52.0 Å². The van der Waals surface area contributed by atoms with Crippen LogP contribution in [0.5, 0.6) is 0 Å². The summed E-state index contributed by atoms with van der Waals surface area (Å²) in [6, 6.07) is 8.60. The summed E-state index contributed by atoms with van der Waals surface area (Å²) in [6.07, 6.45) is 5.50. The average molecular weight is 280 g/mol. The lowest BCUT2D eigenvalue weighted by Gasteiger charge is -2.29. The lowest BCUT2D eigenvalue weighted by molar-refractivity contribution is 0.578. The second kappa shape index (κ2) is 6.01. The molecule has 0 radical (unpaired) electrons. The molecule has 4 heteroatoms. The van der Waals surface area contributed by atoms with Crippen molar-refractivity contribution in [2.75, 3.05) is 29.9 Å². The van der Waals surface area contributed by atoms with E-state index in [0.717, 1.165) is 36.2 Å². The molecule has 1 N–H and O–H groups in total. The Bertz CT molecular complexity index is 681. The minimum absolute atomic E-state index is 0.611. The second-order valence-electron chi connectivity index (χ2n) is 5.44. The number of benzene rings is 1. The minimum Gasteiger partial charge on any atom is -0.384 e. The first-order valence-corrected chi connectivity index (χ1v) is 7.65. The lowest BCUT2D eigenvalue weighted by Crippen LogP contribution is -2.29. The largest absolute Gasteiger partial charge is 0.384 e. The number of nitriles is 1. The standard InChI is InChI=1S/C17H20N4/c1-2-19-17-13(11-18)12-20-16-7-6-14(10-15(16)17)21-8-4-3-5-9-21/h6-7,10,12H,2-5,8-9H2,1H3,(H,19,20). The van der Waals surface area contributed by atoms with Gasteiger partial charge >= 0.3 is 0 Å². The van der Waals surface area contributed by atoms with E-state index in [0.29, 0.717) is 5.56 Å². The summed E-state index contributed by atoms with van der Waals surface area (Å²) >= 11 is 0. The molecule has 108 valence electrons. The number of rotatable bonds is 3. The maximum Gasteiger partial charge on any atom is 0.103 e. The second-order valence-corrected chi connectivity index (χ2v) is 5.44. The van der Waals surface area contributed by atoms with Crippen LogP contribution in [0.3, 0.4) is 0 Å². The van der Waals surface area contributed by atoms with Crippen LogP contribution in [0.1, 0.15) is 31.7 Å². The van der Waals surface area contributed by atoms with Crippen LogP contribution in [0.2, 0.25) is 0 Å². The summed E-state index contributed by atoms with van der Waals surface area (Å²) in [5.41, 5.74) is 3.69. The van der Waals surface area contributed by atoms with Gasteiger partial charge < -0.3 is 10.2 Å². The molecule has 0 unspecified atom stereocenters. The van der Waals surface area contributed by atoms with Crippen LogP contribution in [-0.4, -0.2) is 24.6 Å². The van der Waals surface area contributed by atoms with E-state index in [2.05, 4.69) is 39.5 Å². The molecule has 1 aromatic carbocycles. The van der Waals surface area contributed by atoms with E-state index in [4.69, 9.17) is 0 Å². The Morgan fingerprint density at radius 2 is 2.10 bits per heavy atom. The summed E-state index contributed by atoms with van der Waals surface area (Å²) in [5.74, 6) is 0. The third kappa shape index (κ3) is 2.64. The van der Waals surface area contributed by atoms with Crippen LogP contribution in [-0.2, 0) is 0 Å². The maximum atomic E-state index is 9.28. The minimum atomic E-state index is 0.611. The Morgan fingerprint density at radius 1 is 1.29 bits per heavy atom. The quantitative estimate of drug-likeness (QED) is 0.934. The highest BCUT2D eigenvalue weighted by Crippen LogP contribution is 2.30. The SMILES string of the molecule is CCNc1c(C#N)cnc2ccc(N3CCCCC3)cc12. The number of pyridine rings is 1. The van der Waals surface area contributed by atoms with E-state index in [1.54, 1.807) is 6.20 Å². The zero-order chi connectivity index (χ0) is 14.7. The Hall–Kier alpha value is -2.28. The van der Waals surface area contributed by atoms with E-state index in [1.165, 1.54) is 24.9 Å². The van der Waals surface area contributed by atoms with Crippen molar-refractivity contribution in [3.8, 4) is 6.07 Å². The lowest BCUT2D eigenvalue weighted by atomic mass is 10.1. The van der Waals surface area contributed by atoms with Crippen molar-refractivity contribution in [3.63, 3.8) is 0 Å². The average Bonchev–Trinajstić information content (AvgIpc) is 2.56. The Morgan fingerprint density at radius 3 is 2.81 bits per heavy atom. The monoisotopic (exact) mass is 280 g/mol. The van der Waals surface area contributed by atoms with Gasteiger partial charge in [-0.1, -0.05) is 0 Å². The zero-order valence-corrected chi connectivity index (χ0v) is 12.4. The highest BCUT2D eigenvalue weighted by molar-refractivity contribution is 5.96. The molecule has 0 bridgehead atoms. The molecule has 2 aromatic rings. The van der Waals surface area contributed by atoms with Crippen LogP contribution >= 0.6 is 0 Å². The molecule has 1 saturated heterocycles. The molecule has 2 heterocycles. The first-order chi connectivity index (χ1) is 10.3. The highest BCUT2D eigenvalue weighted by Gasteiger charge is 2.14. The van der Waals surface area contributed by atoms with Crippen molar-refractivity contribution >= 4 is 22.3 Å². The van der Waals surface area contributed by atoms with Crippen molar-refractivity contribution < 1.29 is 0 Å². The molecule has 1 aliphatic rings. The number of nitrogens with one attached hydrogen (secondary N) is 1. The molecule has 1 aliphatic heterocycles. The van der Waals surface area contributed by atoms with Gasteiger partial charge in [0, 0.05) is 36.9 Å². The fraction of sp³-hybridized carbons (Fsp3) is 0.412. The van der Waals surface area contributed by atoms with Gasteiger partial charge in [-0.2, -0.15) is 5.26 Å². The molecule has 0 saturated carbocycles. The van der Waals surface area contributed by atoms with Crippen molar-refractivity contribution in [1.82, 2.24) is 4.98 Å². The number of hydrogen-bond acceptors (Lipinski definition) is 4. The first kappa shape index (κ1) is 13.7. The third-order valence-electron chi connectivity index (χ3n) is 4.05. The van der Waals surface area contributed by atoms with E-state index >= 15 is 0 Å². The summed E-state index contributed by atoms with van der Waals surface area (Å²) in [7, 11) is 0. The molecular weight excluding hydrogens is 260 g/mol. The van der Waals surface area contributed by atoms with Crippen LogP contribution in [0, 0.1) is 11.3 Å². The van der Waals surface area contributed by atoms with Gasteiger partial charge in [0.15, 0.2) is 0 Å². The number of anilines is 2. The molecule has 0 amide bonds. The van der Waals surface area contributed by atoms with Gasteiger partial charge in [0.25, 0.3) is 0 Å². The van der Waals surface area contributed by atoms with Gasteiger partial charge in [0.2, 0.25) is 0 Å². The number of aromatic nitrogens is 1. The molecule has 1 fully saturated rings. The zero-order valence-electron chi connectivity index (χ0n) is 12.4. The van der Waals surface area contributed by atoms with Gasteiger partial charge in [-0.3, -0.25) is 4.98 Å². The molecule has 3 rings (SSSR count). The Balaban J connectivity index is 2.09. The molecular formula is C17H20N4. The molecule has 1 aromatic heterocycles. The Labute approximate surface area is 125 Å². The van der Waals surface area contributed by atoms with Gasteiger partial charge in [-0.25, -0.2) is 0 Å². The van der Waals surface area contributed by atoms with Crippen LogP contribution in [0.15, 0.2) is 24.4 Å². The number of piperidine rings is 1. The van der Waals surface area contributed by atoms with E-state index in [-0.39, 0.29) is 0 Å². The third-order valence-corrected chi connectivity index (χ3v) is 4.05. The van der Waals surface area contributed by atoms with Crippen molar-refractivity contribution in [2.45, 2.75) is 26.2 Å². The molecule has 0 spiro atoms. The molecule has 0 atom stereocenters. The fourth-order valence-electron chi connectivity index (χ4n) is 2.98.